The molecule has 0 spiro atoms. The highest BCUT2D eigenvalue weighted by Crippen LogP contribution is 2.36. The summed E-state index contributed by atoms with van der Waals surface area (Å²) < 4.78 is 1.88. The number of phenols is 1. The number of piperidine rings is 1. The number of non-ortho nitro benzene ring substituents is 1. The van der Waals surface area contributed by atoms with Crippen LogP contribution in [0.15, 0.2) is 41.2 Å². The van der Waals surface area contributed by atoms with Gasteiger partial charge in [-0.1, -0.05) is 6.07 Å². The van der Waals surface area contributed by atoms with Crippen LogP contribution in [0.1, 0.15) is 23.6 Å². The molecule has 3 heterocycles. The standard InChI is InChI=1S/C18H19N3O4/c22-17-5-4-15(21(24)25)7-14(17)11-19-8-12-6-13(10-19)16-2-1-3-18(23)20(16)9-12/h1-5,7,12-13,22H,6,8-11H2/t12-,13+/m0/s1. The van der Waals surface area contributed by atoms with Gasteiger partial charge in [0.1, 0.15) is 5.75 Å². The van der Waals surface area contributed by atoms with Crippen molar-refractivity contribution in [1.82, 2.24) is 9.47 Å². The number of nitrogens with zero attached hydrogens (tertiary/aromatic N) is 3. The number of fused-ring (bicyclic) bond motifs is 4. The molecule has 2 bridgehead atoms. The van der Waals surface area contributed by atoms with Crippen molar-refractivity contribution in [3.8, 4) is 5.75 Å². The second-order valence-electron chi connectivity index (χ2n) is 6.96. The topological polar surface area (TPSA) is 88.6 Å². The molecule has 1 saturated heterocycles. The van der Waals surface area contributed by atoms with Crippen molar-refractivity contribution in [3.05, 3.63) is 68.1 Å². The second-order valence-corrected chi connectivity index (χ2v) is 6.96. The number of phenolic OH excluding ortho intramolecular Hbond substituents is 1. The normalized spacial score (nSPS) is 22.4. The van der Waals surface area contributed by atoms with Crippen molar-refractivity contribution in [2.24, 2.45) is 5.92 Å². The molecule has 7 nitrogen and oxygen atoms in total. The summed E-state index contributed by atoms with van der Waals surface area (Å²) in [6, 6.07) is 9.55. The average Bonchev–Trinajstić information content (AvgIpc) is 2.57. The van der Waals surface area contributed by atoms with Crippen LogP contribution in [0.3, 0.4) is 0 Å². The van der Waals surface area contributed by atoms with E-state index in [2.05, 4.69) is 4.90 Å². The Morgan fingerprint density at radius 1 is 1.20 bits per heavy atom. The number of hydrogen-bond acceptors (Lipinski definition) is 5. The summed E-state index contributed by atoms with van der Waals surface area (Å²) in [7, 11) is 0. The van der Waals surface area contributed by atoms with E-state index in [0.29, 0.717) is 24.6 Å². The summed E-state index contributed by atoms with van der Waals surface area (Å²) in [5, 5.41) is 21.0. The number of nitro benzene ring substituents is 1. The first-order chi connectivity index (χ1) is 12.0. The molecule has 130 valence electrons. The molecule has 0 aliphatic carbocycles. The van der Waals surface area contributed by atoms with Gasteiger partial charge in [-0.3, -0.25) is 19.8 Å². The first-order valence-electron chi connectivity index (χ1n) is 8.39. The van der Waals surface area contributed by atoms with Crippen molar-refractivity contribution in [3.63, 3.8) is 0 Å². The Balaban J connectivity index is 1.58. The molecule has 25 heavy (non-hydrogen) atoms. The van der Waals surface area contributed by atoms with E-state index in [1.165, 1.54) is 18.2 Å². The zero-order chi connectivity index (χ0) is 17.6. The second kappa shape index (κ2) is 6.00. The molecular formula is C18H19N3O4. The van der Waals surface area contributed by atoms with Gasteiger partial charge in [0.2, 0.25) is 0 Å². The molecule has 2 atom stereocenters. The number of aromatic nitrogens is 1. The molecule has 2 aliphatic rings. The maximum absolute atomic E-state index is 12.1. The van der Waals surface area contributed by atoms with Crippen LogP contribution in [0.2, 0.25) is 0 Å². The molecule has 1 aromatic heterocycles. The first kappa shape index (κ1) is 15.8. The highest BCUT2D eigenvalue weighted by atomic mass is 16.6. The molecule has 1 fully saturated rings. The third-order valence-electron chi connectivity index (χ3n) is 5.22. The highest BCUT2D eigenvalue weighted by Gasteiger charge is 2.34. The third kappa shape index (κ3) is 2.91. The van der Waals surface area contributed by atoms with Crippen LogP contribution in [0.5, 0.6) is 5.75 Å². The number of pyridine rings is 1. The maximum Gasteiger partial charge on any atom is 0.270 e. The molecule has 0 amide bonds. The Labute approximate surface area is 144 Å². The lowest BCUT2D eigenvalue weighted by molar-refractivity contribution is -0.385. The summed E-state index contributed by atoms with van der Waals surface area (Å²) >= 11 is 0. The van der Waals surface area contributed by atoms with Crippen molar-refractivity contribution < 1.29 is 10.0 Å². The van der Waals surface area contributed by atoms with E-state index in [9.17, 15) is 20.0 Å². The molecule has 2 aromatic rings. The number of hydrogen-bond donors (Lipinski definition) is 1. The summed E-state index contributed by atoms with van der Waals surface area (Å²) in [6.07, 6.45) is 1.06. The van der Waals surface area contributed by atoms with Crippen molar-refractivity contribution in [2.75, 3.05) is 13.1 Å². The highest BCUT2D eigenvalue weighted by molar-refractivity contribution is 5.43. The molecule has 0 unspecified atom stereocenters. The number of benzene rings is 1. The molecule has 1 N–H and O–H groups in total. The lowest BCUT2D eigenvalue weighted by atomic mass is 9.83. The molecule has 7 heteroatoms. The van der Waals surface area contributed by atoms with Gasteiger partial charge in [-0.2, -0.15) is 0 Å². The molecule has 4 rings (SSSR count). The van der Waals surface area contributed by atoms with E-state index < -0.39 is 4.92 Å². The van der Waals surface area contributed by atoms with Crippen molar-refractivity contribution in [2.45, 2.75) is 25.4 Å². The van der Waals surface area contributed by atoms with E-state index in [1.807, 2.05) is 10.6 Å². The minimum atomic E-state index is -0.448. The van der Waals surface area contributed by atoms with E-state index in [4.69, 9.17) is 0 Å². The van der Waals surface area contributed by atoms with Gasteiger partial charge < -0.3 is 9.67 Å². The smallest absolute Gasteiger partial charge is 0.270 e. The number of likely N-dealkylation sites (tertiary alicyclic amines) is 1. The van der Waals surface area contributed by atoms with Gasteiger partial charge in [0.25, 0.3) is 11.2 Å². The van der Waals surface area contributed by atoms with Crippen LogP contribution in [0, 0.1) is 16.0 Å². The number of rotatable bonds is 3. The van der Waals surface area contributed by atoms with E-state index in [-0.39, 0.29) is 22.9 Å². The van der Waals surface area contributed by atoms with Gasteiger partial charge in [-0.25, -0.2) is 0 Å². The van der Waals surface area contributed by atoms with Gasteiger partial charge in [-0.15, -0.1) is 0 Å². The minimum Gasteiger partial charge on any atom is -0.508 e. The molecule has 1 aromatic carbocycles. The SMILES string of the molecule is O=c1cccc2n1C[C@H]1C[C@@H]2CN(Cc2cc([N+](=O)[O-])ccc2O)C1. The minimum absolute atomic E-state index is 0.0121. The maximum atomic E-state index is 12.1. The van der Waals surface area contributed by atoms with E-state index in [0.717, 1.165) is 25.2 Å². The van der Waals surface area contributed by atoms with Crippen LogP contribution in [-0.4, -0.2) is 32.6 Å². The van der Waals surface area contributed by atoms with Crippen LogP contribution in [-0.2, 0) is 13.1 Å². The lowest BCUT2D eigenvalue weighted by Crippen LogP contribution is -2.46. The third-order valence-corrected chi connectivity index (χ3v) is 5.22. The average molecular weight is 341 g/mol. The van der Waals surface area contributed by atoms with E-state index >= 15 is 0 Å². The largest absolute Gasteiger partial charge is 0.508 e. The van der Waals surface area contributed by atoms with Crippen LogP contribution in [0.4, 0.5) is 5.69 Å². The molecular weight excluding hydrogens is 322 g/mol. The van der Waals surface area contributed by atoms with Gasteiger partial charge in [0.15, 0.2) is 0 Å². The summed E-state index contributed by atoms with van der Waals surface area (Å²) in [6.45, 7) is 2.78. The zero-order valence-electron chi connectivity index (χ0n) is 13.7. The van der Waals surface area contributed by atoms with Gasteiger partial charge in [0.05, 0.1) is 4.92 Å². The van der Waals surface area contributed by atoms with Crippen molar-refractivity contribution in [1.29, 1.82) is 0 Å². The van der Waals surface area contributed by atoms with Crippen LogP contribution < -0.4 is 5.56 Å². The molecule has 0 radical (unpaired) electrons. The van der Waals surface area contributed by atoms with Crippen molar-refractivity contribution >= 4 is 5.69 Å². The fourth-order valence-electron chi connectivity index (χ4n) is 4.18. The number of aromatic hydroxyl groups is 1. The Kier molecular flexibility index (Phi) is 3.80. The number of nitro groups is 1. The predicted molar refractivity (Wildman–Crippen MR) is 91.6 cm³/mol. The first-order valence-corrected chi connectivity index (χ1v) is 8.39. The Morgan fingerprint density at radius 2 is 2.04 bits per heavy atom. The quantitative estimate of drug-likeness (QED) is 0.682. The Bertz CT molecular complexity index is 892. The monoisotopic (exact) mass is 341 g/mol. The summed E-state index contributed by atoms with van der Waals surface area (Å²) in [4.78, 5) is 24.8. The zero-order valence-corrected chi connectivity index (χ0v) is 13.7. The van der Waals surface area contributed by atoms with Crippen LogP contribution >= 0.6 is 0 Å². The van der Waals surface area contributed by atoms with E-state index in [1.54, 1.807) is 12.1 Å². The summed E-state index contributed by atoms with van der Waals surface area (Å²) in [5.41, 5.74) is 1.68. The fourth-order valence-corrected chi connectivity index (χ4v) is 4.18. The molecule has 2 aliphatic heterocycles. The van der Waals surface area contributed by atoms with Crippen LogP contribution in [0.25, 0.3) is 0 Å². The van der Waals surface area contributed by atoms with Gasteiger partial charge >= 0.3 is 0 Å². The van der Waals surface area contributed by atoms with Gasteiger partial charge in [0, 0.05) is 61.6 Å². The Morgan fingerprint density at radius 3 is 2.84 bits per heavy atom. The predicted octanol–water partition coefficient (Wildman–Crippen LogP) is 2.08. The Hall–Kier alpha value is -2.67. The molecule has 0 saturated carbocycles. The summed E-state index contributed by atoms with van der Waals surface area (Å²) in [5.74, 6) is 0.743. The fraction of sp³-hybridized carbons (Fsp3) is 0.389. The lowest BCUT2D eigenvalue weighted by Gasteiger charge is -2.42. The van der Waals surface area contributed by atoms with Gasteiger partial charge in [-0.05, 0) is 24.5 Å².